The van der Waals surface area contributed by atoms with Gasteiger partial charge in [-0.25, -0.2) is 4.79 Å². The third-order valence-corrected chi connectivity index (χ3v) is 0.440. The minimum absolute atomic E-state index is 0.134. The van der Waals surface area contributed by atoms with Crippen LogP contribution in [0.4, 0.5) is 0 Å². The number of carbonyl (C=O) groups is 1. The fourth-order valence-corrected chi connectivity index (χ4v) is 0.118. The van der Waals surface area contributed by atoms with Gasteiger partial charge in [0.15, 0.2) is 0 Å². The van der Waals surface area contributed by atoms with Crippen molar-refractivity contribution in [3.8, 4) is 0 Å². The first-order chi connectivity index (χ1) is 3.72. The van der Waals surface area contributed by atoms with Gasteiger partial charge >= 0.3 is 5.97 Å². The third kappa shape index (κ3) is 1.38. The summed E-state index contributed by atoms with van der Waals surface area (Å²) in [4.78, 5) is 19.0. The zero-order valence-electron chi connectivity index (χ0n) is 3.74. The molecule has 2 N–H and O–H groups in total. The van der Waals surface area contributed by atoms with Gasteiger partial charge in [0, 0.05) is 0 Å². The van der Waals surface area contributed by atoms with Crippen molar-refractivity contribution < 1.29 is 15.0 Å². The van der Waals surface area contributed by atoms with E-state index in [1.54, 1.807) is 0 Å². The molecule has 0 unspecified atom stereocenters. The molecule has 5 nitrogen and oxygen atoms in total. The molecule has 0 aromatic rings. The monoisotopic (exact) mass is 117 g/mol. The lowest BCUT2D eigenvalue weighted by Gasteiger charge is -1.80. The van der Waals surface area contributed by atoms with Gasteiger partial charge in [-0.2, -0.15) is 0 Å². The highest BCUT2D eigenvalue weighted by Crippen LogP contribution is 1.91. The molecule has 0 saturated heterocycles. The maximum Gasteiger partial charge on any atom is 0.361 e. The molecule has 44 valence electrons. The minimum atomic E-state index is -1.54. The maximum absolute atomic E-state index is 9.64. The number of hydrogen-bond acceptors (Lipinski definition) is 4. The maximum atomic E-state index is 9.64. The van der Waals surface area contributed by atoms with Crippen molar-refractivity contribution in [2.24, 2.45) is 5.18 Å². The summed E-state index contributed by atoms with van der Waals surface area (Å²) in [7, 11) is 0. The van der Waals surface area contributed by atoms with Crippen molar-refractivity contribution in [3.05, 3.63) is 16.9 Å². The van der Waals surface area contributed by atoms with Gasteiger partial charge in [0.1, 0.15) is 6.26 Å². The van der Waals surface area contributed by atoms with Gasteiger partial charge in [0.05, 0.1) is 0 Å². The first-order valence-corrected chi connectivity index (χ1v) is 1.63. The van der Waals surface area contributed by atoms with Gasteiger partial charge in [0.25, 0.3) is 0 Å². The number of nitroso groups, excluding NO2 is 1. The van der Waals surface area contributed by atoms with Crippen LogP contribution in [0.15, 0.2) is 17.1 Å². The molecule has 0 aliphatic carbocycles. The van der Waals surface area contributed by atoms with Gasteiger partial charge in [0.2, 0.25) is 5.70 Å². The number of aliphatic carboxylic acids is 1. The Labute approximate surface area is 44.2 Å². The molecule has 0 bridgehead atoms. The second kappa shape index (κ2) is 2.73. The summed E-state index contributed by atoms with van der Waals surface area (Å²) in [5.74, 6) is -1.54. The molecule has 0 radical (unpaired) electrons. The Balaban J connectivity index is 4.13. The van der Waals surface area contributed by atoms with Crippen LogP contribution in [0.5, 0.6) is 0 Å². The lowest BCUT2D eigenvalue weighted by atomic mass is 10.5. The van der Waals surface area contributed by atoms with E-state index in [0.717, 1.165) is 0 Å². The second-order valence-electron chi connectivity index (χ2n) is 0.911. The summed E-state index contributed by atoms with van der Waals surface area (Å²) in [6, 6.07) is 0. The molecule has 0 aliphatic heterocycles. The van der Waals surface area contributed by atoms with Gasteiger partial charge in [-0.05, 0) is 5.18 Å². The molecule has 0 aromatic carbocycles. The Morgan fingerprint density at radius 3 is 2.12 bits per heavy atom. The number of rotatable bonds is 2. The molecule has 0 atom stereocenters. The highest BCUT2D eigenvalue weighted by molar-refractivity contribution is 5.85. The van der Waals surface area contributed by atoms with Crippen molar-refractivity contribution in [1.82, 2.24) is 0 Å². The molecular formula is C3H3NO4. The zero-order chi connectivity index (χ0) is 6.57. The van der Waals surface area contributed by atoms with Gasteiger partial charge < -0.3 is 10.2 Å². The predicted molar refractivity (Wildman–Crippen MR) is 24.1 cm³/mol. The first kappa shape index (κ1) is 6.61. The number of aliphatic hydroxyl groups excluding tert-OH is 1. The standard InChI is InChI=1S/C3H3NO4/c5-1-2(4-8)3(6)7/h1,5H,(H,6,7)/b2-1-. The Hall–Kier alpha value is -1.39. The molecule has 8 heavy (non-hydrogen) atoms. The normalized spacial score (nSPS) is 10.8. The average molecular weight is 117 g/mol. The van der Waals surface area contributed by atoms with Crippen molar-refractivity contribution >= 4 is 5.97 Å². The number of hydrogen-bond donors (Lipinski definition) is 2. The molecule has 0 aliphatic rings. The Morgan fingerprint density at radius 2 is 2.12 bits per heavy atom. The Morgan fingerprint density at radius 1 is 1.62 bits per heavy atom. The number of nitrogens with zero attached hydrogens (tertiary/aromatic N) is 1. The van der Waals surface area contributed by atoms with Crippen LogP contribution in [0.1, 0.15) is 0 Å². The predicted octanol–water partition coefficient (Wildman–Crippen LogP) is 0.237. The minimum Gasteiger partial charge on any atom is -0.513 e. The van der Waals surface area contributed by atoms with Crippen LogP contribution in [-0.4, -0.2) is 16.2 Å². The van der Waals surface area contributed by atoms with Crippen LogP contribution in [0, 0.1) is 4.91 Å². The summed E-state index contributed by atoms with van der Waals surface area (Å²) in [6.45, 7) is 0. The molecule has 5 heteroatoms. The molecule has 0 fully saturated rings. The second-order valence-corrected chi connectivity index (χ2v) is 0.911. The van der Waals surface area contributed by atoms with Crippen molar-refractivity contribution in [2.45, 2.75) is 0 Å². The number of aliphatic hydroxyl groups is 1. The van der Waals surface area contributed by atoms with E-state index in [1.807, 2.05) is 5.18 Å². The smallest absolute Gasteiger partial charge is 0.361 e. The molecule has 0 amide bonds. The van der Waals surface area contributed by atoms with Gasteiger partial charge in [-0.1, -0.05) is 0 Å². The van der Waals surface area contributed by atoms with Crippen LogP contribution in [0.2, 0.25) is 0 Å². The fourth-order valence-electron chi connectivity index (χ4n) is 0.118. The number of carboxylic acids is 1. The molecule has 0 aromatic heterocycles. The molecule has 0 heterocycles. The van der Waals surface area contributed by atoms with Crippen LogP contribution in [0.3, 0.4) is 0 Å². The Bertz CT molecular complexity index is 138. The lowest BCUT2D eigenvalue weighted by Crippen LogP contribution is -1.95. The highest BCUT2D eigenvalue weighted by Gasteiger charge is 2.04. The molecule has 0 saturated carbocycles. The van der Waals surface area contributed by atoms with Crippen molar-refractivity contribution in [1.29, 1.82) is 0 Å². The van der Waals surface area contributed by atoms with Crippen molar-refractivity contribution in [2.75, 3.05) is 0 Å². The summed E-state index contributed by atoms with van der Waals surface area (Å²) in [6.07, 6.45) is 0.134. The van der Waals surface area contributed by atoms with Gasteiger partial charge in [-0.3, -0.25) is 0 Å². The summed E-state index contributed by atoms with van der Waals surface area (Å²) < 4.78 is 0. The fraction of sp³-hybridized carbons (Fsp3) is 0. The van der Waals surface area contributed by atoms with E-state index in [-0.39, 0.29) is 6.26 Å². The van der Waals surface area contributed by atoms with E-state index in [2.05, 4.69) is 0 Å². The zero-order valence-corrected chi connectivity index (χ0v) is 3.74. The quantitative estimate of drug-likeness (QED) is 0.308. The average Bonchev–Trinajstić information content (AvgIpc) is 1.69. The highest BCUT2D eigenvalue weighted by atomic mass is 16.4. The first-order valence-electron chi connectivity index (χ1n) is 1.63. The van der Waals surface area contributed by atoms with E-state index >= 15 is 0 Å². The van der Waals surface area contributed by atoms with Crippen molar-refractivity contribution in [3.63, 3.8) is 0 Å². The van der Waals surface area contributed by atoms with E-state index in [4.69, 9.17) is 10.2 Å². The van der Waals surface area contributed by atoms with E-state index in [9.17, 15) is 9.70 Å². The SMILES string of the molecule is O=N/C(=C\O)C(=O)O. The van der Waals surface area contributed by atoms with Crippen LogP contribution < -0.4 is 0 Å². The molecule has 0 rings (SSSR count). The molecule has 0 spiro atoms. The van der Waals surface area contributed by atoms with Gasteiger partial charge in [-0.15, -0.1) is 4.91 Å². The van der Waals surface area contributed by atoms with E-state index in [0.29, 0.717) is 0 Å². The Kier molecular flexibility index (Phi) is 2.25. The lowest BCUT2D eigenvalue weighted by molar-refractivity contribution is -0.132. The topological polar surface area (TPSA) is 87.0 Å². The largest absolute Gasteiger partial charge is 0.513 e. The summed E-state index contributed by atoms with van der Waals surface area (Å²) in [5, 5.41) is 17.7. The number of carboxylic acid groups (broad SMARTS) is 1. The van der Waals surface area contributed by atoms with Crippen LogP contribution in [0.25, 0.3) is 0 Å². The third-order valence-electron chi connectivity index (χ3n) is 0.440. The van der Waals surface area contributed by atoms with E-state index < -0.39 is 11.7 Å². The van der Waals surface area contributed by atoms with E-state index in [1.165, 1.54) is 0 Å². The van der Waals surface area contributed by atoms with Crippen LogP contribution in [-0.2, 0) is 4.79 Å². The summed E-state index contributed by atoms with van der Waals surface area (Å²) >= 11 is 0. The summed E-state index contributed by atoms with van der Waals surface area (Å²) in [5.41, 5.74) is -0.898. The van der Waals surface area contributed by atoms with Crippen LogP contribution >= 0.6 is 0 Å². The molecular weight excluding hydrogens is 114 g/mol.